The molecule has 0 bridgehead atoms. The third-order valence-corrected chi connectivity index (χ3v) is 13.6. The average Bonchev–Trinajstić information content (AvgIpc) is 3.77. The fourth-order valence-corrected chi connectivity index (χ4v) is 11.7. The SMILES string of the molecule is C.C=C/C(CC)=C(/C)CC(CC)CC1CCC2C3CC4C5C6C=C(C)C(=C)C(C)(C3CCC12C)C645.CC.CC. The maximum atomic E-state index is 4.77. The standard InChI is InChI=1S/C34H50.2C2H6.CH4/c1-9-23(16-21(5)24(10-2)11-3)18-25-12-13-27-26-19-30-31-29-17-20(4)22(6)33(8,34(29,30)31)28(26)14-15-32(25,27)7;2*1-2;/h10,17,23,25-31H,2,6,9,11-16,18-19H2,1,3-5,7-8H3;2*1-2H3;1H4/b24-21+;;;. The van der Waals surface area contributed by atoms with E-state index in [4.69, 9.17) is 6.58 Å². The summed E-state index contributed by atoms with van der Waals surface area (Å²) < 4.78 is 0. The first-order valence-corrected chi connectivity index (χ1v) is 16.9. The van der Waals surface area contributed by atoms with E-state index in [1.807, 2.05) is 27.7 Å². The van der Waals surface area contributed by atoms with Crippen LogP contribution in [0.5, 0.6) is 0 Å². The zero-order valence-electron chi connectivity index (χ0n) is 27.1. The lowest BCUT2D eigenvalue weighted by Gasteiger charge is -2.60. The van der Waals surface area contributed by atoms with Crippen LogP contribution in [0.3, 0.4) is 0 Å². The summed E-state index contributed by atoms with van der Waals surface area (Å²) in [5.41, 5.74) is 7.82. The van der Waals surface area contributed by atoms with Gasteiger partial charge >= 0.3 is 0 Å². The van der Waals surface area contributed by atoms with Crippen molar-refractivity contribution < 1.29 is 0 Å². The van der Waals surface area contributed by atoms with Crippen LogP contribution >= 0.6 is 0 Å². The van der Waals surface area contributed by atoms with Crippen molar-refractivity contribution in [3.8, 4) is 0 Å². The largest absolute Gasteiger partial charge is 0.0988 e. The lowest BCUT2D eigenvalue weighted by Crippen LogP contribution is -2.54. The first kappa shape index (κ1) is 32.5. The minimum Gasteiger partial charge on any atom is -0.0988 e. The van der Waals surface area contributed by atoms with Gasteiger partial charge in [-0.1, -0.05) is 106 Å². The van der Waals surface area contributed by atoms with E-state index < -0.39 is 0 Å². The molecule has 0 aromatic heterocycles. The van der Waals surface area contributed by atoms with E-state index in [1.54, 1.807) is 23.1 Å². The van der Waals surface area contributed by atoms with Crippen LogP contribution in [0.15, 0.2) is 47.6 Å². The maximum Gasteiger partial charge on any atom is 0.00202 e. The summed E-state index contributed by atoms with van der Waals surface area (Å²) in [6, 6.07) is 0. The molecular formula is C39H66. The summed E-state index contributed by atoms with van der Waals surface area (Å²) in [6.07, 6.45) is 17.4. The Morgan fingerprint density at radius 3 is 2.31 bits per heavy atom. The summed E-state index contributed by atoms with van der Waals surface area (Å²) in [6.45, 7) is 31.7. The number of allylic oxidation sites excluding steroid dienone is 6. The zero-order valence-corrected chi connectivity index (χ0v) is 27.1. The second-order valence-electron chi connectivity index (χ2n) is 14.1. The molecule has 0 heteroatoms. The van der Waals surface area contributed by atoms with Crippen LogP contribution in [0.25, 0.3) is 0 Å². The van der Waals surface area contributed by atoms with Crippen molar-refractivity contribution in [1.82, 2.24) is 0 Å². The van der Waals surface area contributed by atoms with Gasteiger partial charge in [0.2, 0.25) is 0 Å². The molecule has 5 fully saturated rings. The molecule has 0 aliphatic heterocycles. The van der Waals surface area contributed by atoms with E-state index in [0.29, 0.717) is 16.2 Å². The zero-order chi connectivity index (χ0) is 28.2. The third-order valence-electron chi connectivity index (χ3n) is 13.6. The molecule has 0 nitrogen and oxygen atoms in total. The molecule has 0 heterocycles. The molecular weight excluding hydrogens is 468 g/mol. The van der Waals surface area contributed by atoms with E-state index >= 15 is 0 Å². The molecule has 0 saturated heterocycles. The van der Waals surface area contributed by atoms with Crippen molar-refractivity contribution in [2.45, 2.75) is 134 Å². The van der Waals surface area contributed by atoms with Crippen molar-refractivity contribution in [2.75, 3.05) is 0 Å². The topological polar surface area (TPSA) is 0 Å². The Bertz CT molecular complexity index is 976. The van der Waals surface area contributed by atoms with Crippen LogP contribution in [-0.2, 0) is 0 Å². The molecule has 6 aliphatic rings. The van der Waals surface area contributed by atoms with Crippen LogP contribution in [0.2, 0.25) is 0 Å². The molecule has 39 heavy (non-hydrogen) atoms. The average molecular weight is 535 g/mol. The van der Waals surface area contributed by atoms with Crippen molar-refractivity contribution >= 4 is 0 Å². The van der Waals surface area contributed by atoms with Crippen LogP contribution in [-0.4, -0.2) is 0 Å². The molecule has 11 unspecified atom stereocenters. The Hall–Kier alpha value is -1.04. The molecule has 0 aromatic rings. The Morgan fingerprint density at radius 2 is 1.72 bits per heavy atom. The highest BCUT2D eigenvalue weighted by atomic mass is 15.0. The van der Waals surface area contributed by atoms with Crippen LogP contribution in [0.1, 0.15) is 134 Å². The molecule has 6 aliphatic carbocycles. The van der Waals surface area contributed by atoms with Gasteiger partial charge in [-0.3, -0.25) is 0 Å². The molecule has 0 N–H and O–H groups in total. The maximum absolute atomic E-state index is 4.77. The van der Waals surface area contributed by atoms with Crippen LogP contribution in [0.4, 0.5) is 0 Å². The van der Waals surface area contributed by atoms with Gasteiger partial charge in [0, 0.05) is 5.41 Å². The first-order valence-electron chi connectivity index (χ1n) is 16.9. The molecule has 222 valence electrons. The minimum absolute atomic E-state index is 0. The summed E-state index contributed by atoms with van der Waals surface area (Å²) in [5, 5.41) is 0. The number of hydrogen-bond donors (Lipinski definition) is 0. The van der Waals surface area contributed by atoms with Gasteiger partial charge < -0.3 is 0 Å². The van der Waals surface area contributed by atoms with E-state index in [1.165, 1.54) is 50.5 Å². The second kappa shape index (κ2) is 11.7. The highest BCUT2D eigenvalue weighted by Crippen LogP contribution is 2.98. The van der Waals surface area contributed by atoms with Gasteiger partial charge in [-0.15, -0.1) is 0 Å². The van der Waals surface area contributed by atoms with E-state index in [9.17, 15) is 0 Å². The summed E-state index contributed by atoms with van der Waals surface area (Å²) in [7, 11) is 0. The normalized spacial score (nSPS) is 45.0. The van der Waals surface area contributed by atoms with Gasteiger partial charge in [0.25, 0.3) is 0 Å². The molecule has 1 spiro atoms. The summed E-state index contributed by atoms with van der Waals surface area (Å²) in [4.78, 5) is 0. The van der Waals surface area contributed by atoms with E-state index in [2.05, 4.69) is 60.3 Å². The lowest BCUT2D eigenvalue weighted by molar-refractivity contribution is -0.0867. The quantitative estimate of drug-likeness (QED) is 0.285. The van der Waals surface area contributed by atoms with Crippen molar-refractivity contribution in [3.63, 3.8) is 0 Å². The fourth-order valence-electron chi connectivity index (χ4n) is 11.7. The Morgan fingerprint density at radius 1 is 1.05 bits per heavy atom. The van der Waals surface area contributed by atoms with Gasteiger partial charge in [0.15, 0.2) is 0 Å². The molecule has 0 radical (unpaired) electrons. The molecule has 6 rings (SSSR count). The lowest BCUT2D eigenvalue weighted by atomic mass is 9.44. The predicted molar refractivity (Wildman–Crippen MR) is 175 cm³/mol. The predicted octanol–water partition coefficient (Wildman–Crippen LogP) is 12.2. The Kier molecular flexibility index (Phi) is 9.73. The molecule has 5 saturated carbocycles. The van der Waals surface area contributed by atoms with E-state index in [0.717, 1.165) is 53.8 Å². The van der Waals surface area contributed by atoms with Crippen molar-refractivity contribution in [1.29, 1.82) is 0 Å². The minimum atomic E-state index is 0. The van der Waals surface area contributed by atoms with Crippen LogP contribution in [0, 0.1) is 63.6 Å². The van der Waals surface area contributed by atoms with Crippen molar-refractivity contribution in [3.05, 3.63) is 47.6 Å². The summed E-state index contributed by atoms with van der Waals surface area (Å²) in [5.74, 6) is 7.60. The van der Waals surface area contributed by atoms with Gasteiger partial charge in [-0.25, -0.2) is 0 Å². The number of rotatable bonds is 7. The number of hydrogen-bond acceptors (Lipinski definition) is 0. The molecule has 0 amide bonds. The monoisotopic (exact) mass is 535 g/mol. The fraction of sp³-hybridized carbons (Fsp3) is 0.795. The second-order valence-corrected chi connectivity index (χ2v) is 14.1. The Labute approximate surface area is 245 Å². The van der Waals surface area contributed by atoms with Gasteiger partial charge in [-0.2, -0.15) is 0 Å². The van der Waals surface area contributed by atoms with Crippen molar-refractivity contribution in [2.24, 2.45) is 63.6 Å². The first-order chi connectivity index (χ1) is 18.2. The highest BCUT2D eigenvalue weighted by molar-refractivity contribution is 5.56. The van der Waals surface area contributed by atoms with Gasteiger partial charge in [0.1, 0.15) is 0 Å². The summed E-state index contributed by atoms with van der Waals surface area (Å²) >= 11 is 0. The van der Waals surface area contributed by atoms with Crippen LogP contribution < -0.4 is 0 Å². The van der Waals surface area contributed by atoms with Gasteiger partial charge in [0.05, 0.1) is 0 Å². The molecule has 0 aromatic carbocycles. The van der Waals surface area contributed by atoms with E-state index in [-0.39, 0.29) is 7.43 Å². The van der Waals surface area contributed by atoms with Gasteiger partial charge in [-0.05, 0) is 135 Å². The molecule has 11 atom stereocenters. The number of fused-ring (bicyclic) bond motifs is 6. The third kappa shape index (κ3) is 4.26. The smallest absolute Gasteiger partial charge is 0.00202 e. The highest BCUT2D eigenvalue weighted by Gasteiger charge is 2.94. The Balaban J connectivity index is 0.000000805.